The van der Waals surface area contributed by atoms with E-state index in [-0.39, 0.29) is 0 Å². The molecule has 0 saturated carbocycles. The van der Waals surface area contributed by atoms with Gasteiger partial charge in [-0.1, -0.05) is 12.1 Å². The maximum Gasteiger partial charge on any atom is 0.221 e. The van der Waals surface area contributed by atoms with Crippen LogP contribution in [0.3, 0.4) is 0 Å². The van der Waals surface area contributed by atoms with Crippen molar-refractivity contribution in [2.24, 2.45) is 0 Å². The Bertz CT molecular complexity index is 469. The number of benzene rings is 1. The molecule has 0 aliphatic heterocycles. The van der Waals surface area contributed by atoms with E-state index in [2.05, 4.69) is 24.9 Å². The summed E-state index contributed by atoms with van der Waals surface area (Å²) in [5.41, 5.74) is 2.46. The van der Waals surface area contributed by atoms with Gasteiger partial charge in [-0.25, -0.2) is 4.98 Å². The van der Waals surface area contributed by atoms with Crippen molar-refractivity contribution in [2.45, 2.75) is 13.8 Å². The van der Waals surface area contributed by atoms with E-state index in [1.807, 2.05) is 18.3 Å². The Morgan fingerprint density at radius 2 is 1.93 bits per heavy atom. The van der Waals surface area contributed by atoms with Gasteiger partial charge < -0.3 is 4.74 Å². The molecule has 72 valence electrons. The number of fused-ring (bicyclic) bond motifs is 1. The third kappa shape index (κ3) is 1.23. The van der Waals surface area contributed by atoms with Crippen LogP contribution in [0.4, 0.5) is 0 Å². The van der Waals surface area contributed by atoms with Gasteiger partial charge in [-0.15, -0.1) is 0 Å². The first-order valence-corrected chi connectivity index (χ1v) is 4.63. The Hall–Kier alpha value is -1.57. The van der Waals surface area contributed by atoms with Gasteiger partial charge in [0.2, 0.25) is 5.88 Å². The molecule has 0 unspecified atom stereocenters. The Morgan fingerprint density at radius 1 is 1.14 bits per heavy atom. The molecule has 14 heavy (non-hydrogen) atoms. The van der Waals surface area contributed by atoms with Gasteiger partial charge in [-0.05, 0) is 36.4 Å². The average molecular weight is 187 g/mol. The van der Waals surface area contributed by atoms with Gasteiger partial charge in [0.25, 0.3) is 0 Å². The summed E-state index contributed by atoms with van der Waals surface area (Å²) in [6.07, 6.45) is 1.86. The molecule has 0 aliphatic carbocycles. The van der Waals surface area contributed by atoms with Crippen LogP contribution in [-0.4, -0.2) is 12.1 Å². The zero-order valence-electron chi connectivity index (χ0n) is 8.66. The monoisotopic (exact) mass is 187 g/mol. The average Bonchev–Trinajstić information content (AvgIpc) is 2.18. The highest BCUT2D eigenvalue weighted by Crippen LogP contribution is 2.27. The maximum atomic E-state index is 5.23. The summed E-state index contributed by atoms with van der Waals surface area (Å²) in [5, 5.41) is 2.34. The predicted octanol–water partition coefficient (Wildman–Crippen LogP) is 2.86. The fourth-order valence-electron chi connectivity index (χ4n) is 1.82. The van der Waals surface area contributed by atoms with E-state index in [0.717, 1.165) is 5.39 Å². The van der Waals surface area contributed by atoms with Gasteiger partial charge in [-0.2, -0.15) is 0 Å². The third-order valence-corrected chi connectivity index (χ3v) is 2.47. The number of hydrogen-bond acceptors (Lipinski definition) is 2. The van der Waals surface area contributed by atoms with Crippen molar-refractivity contribution in [1.82, 2.24) is 4.98 Å². The zero-order valence-corrected chi connectivity index (χ0v) is 8.66. The molecule has 0 bridgehead atoms. The van der Waals surface area contributed by atoms with Crippen molar-refractivity contribution >= 4 is 10.8 Å². The molecule has 2 rings (SSSR count). The van der Waals surface area contributed by atoms with Crippen LogP contribution >= 0.6 is 0 Å². The van der Waals surface area contributed by atoms with Crippen molar-refractivity contribution < 1.29 is 4.74 Å². The molecule has 0 atom stereocenters. The molecular formula is C12H13NO. The van der Waals surface area contributed by atoms with Crippen molar-refractivity contribution in [3.8, 4) is 5.88 Å². The molecule has 1 heterocycles. The fraction of sp³-hybridized carbons (Fsp3) is 0.250. The highest BCUT2D eigenvalue weighted by atomic mass is 16.5. The van der Waals surface area contributed by atoms with Crippen molar-refractivity contribution in [2.75, 3.05) is 7.11 Å². The maximum absolute atomic E-state index is 5.23. The fourth-order valence-corrected chi connectivity index (χ4v) is 1.82. The summed E-state index contributed by atoms with van der Waals surface area (Å²) in [7, 11) is 1.65. The number of ether oxygens (including phenoxy) is 1. The van der Waals surface area contributed by atoms with Gasteiger partial charge in [0.15, 0.2) is 0 Å². The second kappa shape index (κ2) is 3.29. The number of aryl methyl sites for hydroxylation is 2. The van der Waals surface area contributed by atoms with Gasteiger partial charge in [0.1, 0.15) is 0 Å². The molecule has 0 saturated heterocycles. The van der Waals surface area contributed by atoms with E-state index in [4.69, 9.17) is 4.74 Å². The predicted molar refractivity (Wildman–Crippen MR) is 57.8 cm³/mol. The molecule has 0 amide bonds. The Kier molecular flexibility index (Phi) is 2.12. The largest absolute Gasteiger partial charge is 0.481 e. The zero-order chi connectivity index (χ0) is 10.1. The van der Waals surface area contributed by atoms with Crippen LogP contribution in [0.15, 0.2) is 24.4 Å². The summed E-state index contributed by atoms with van der Waals surface area (Å²) in [5.74, 6) is 0.703. The number of hydrogen-bond donors (Lipinski definition) is 0. The normalized spacial score (nSPS) is 10.5. The van der Waals surface area contributed by atoms with Crippen molar-refractivity contribution in [3.05, 3.63) is 35.5 Å². The van der Waals surface area contributed by atoms with Crippen LogP contribution in [0.2, 0.25) is 0 Å². The van der Waals surface area contributed by atoms with Crippen LogP contribution in [0.1, 0.15) is 11.1 Å². The first-order valence-electron chi connectivity index (χ1n) is 4.63. The van der Waals surface area contributed by atoms with E-state index >= 15 is 0 Å². The Balaban J connectivity index is 2.91. The molecule has 1 aromatic heterocycles. The number of nitrogens with zero attached hydrogens (tertiary/aromatic N) is 1. The van der Waals surface area contributed by atoms with E-state index < -0.39 is 0 Å². The second-order valence-electron chi connectivity index (χ2n) is 3.45. The Morgan fingerprint density at radius 3 is 2.64 bits per heavy atom. The third-order valence-electron chi connectivity index (χ3n) is 2.47. The second-order valence-corrected chi connectivity index (χ2v) is 3.45. The van der Waals surface area contributed by atoms with Gasteiger partial charge in [0, 0.05) is 11.6 Å². The molecule has 2 heteroatoms. The summed E-state index contributed by atoms with van der Waals surface area (Å²) < 4.78 is 5.23. The lowest BCUT2D eigenvalue weighted by molar-refractivity contribution is 0.403. The molecule has 0 N–H and O–H groups in total. The lowest BCUT2D eigenvalue weighted by atomic mass is 10.0. The molecule has 0 aliphatic rings. The number of rotatable bonds is 1. The molecule has 0 spiro atoms. The number of pyridine rings is 1. The number of aromatic nitrogens is 1. The first-order chi connectivity index (χ1) is 6.74. The van der Waals surface area contributed by atoms with Crippen LogP contribution in [-0.2, 0) is 0 Å². The molecule has 0 fully saturated rings. The Labute approximate surface area is 83.5 Å². The van der Waals surface area contributed by atoms with E-state index in [1.165, 1.54) is 16.5 Å². The SMILES string of the molecule is COc1ncc(C)c2c(C)cccc12. The lowest BCUT2D eigenvalue weighted by Gasteiger charge is -2.08. The van der Waals surface area contributed by atoms with Crippen LogP contribution in [0, 0.1) is 13.8 Å². The van der Waals surface area contributed by atoms with Crippen LogP contribution in [0.5, 0.6) is 5.88 Å². The minimum absolute atomic E-state index is 0.703. The lowest BCUT2D eigenvalue weighted by Crippen LogP contribution is -1.92. The smallest absolute Gasteiger partial charge is 0.221 e. The quantitative estimate of drug-likeness (QED) is 0.684. The highest BCUT2D eigenvalue weighted by molar-refractivity contribution is 5.91. The van der Waals surface area contributed by atoms with Crippen LogP contribution < -0.4 is 4.74 Å². The molecule has 2 aromatic rings. The summed E-state index contributed by atoms with van der Waals surface area (Å²) in [4.78, 5) is 4.24. The van der Waals surface area contributed by atoms with Crippen molar-refractivity contribution in [1.29, 1.82) is 0 Å². The highest BCUT2D eigenvalue weighted by Gasteiger charge is 2.06. The van der Waals surface area contributed by atoms with E-state index in [1.54, 1.807) is 7.11 Å². The summed E-state index contributed by atoms with van der Waals surface area (Å²) in [6, 6.07) is 6.18. The van der Waals surface area contributed by atoms with Gasteiger partial charge in [-0.3, -0.25) is 0 Å². The minimum atomic E-state index is 0.703. The van der Waals surface area contributed by atoms with Gasteiger partial charge in [0.05, 0.1) is 7.11 Å². The van der Waals surface area contributed by atoms with Crippen molar-refractivity contribution in [3.63, 3.8) is 0 Å². The minimum Gasteiger partial charge on any atom is -0.481 e. The van der Waals surface area contributed by atoms with E-state index in [0.29, 0.717) is 5.88 Å². The van der Waals surface area contributed by atoms with E-state index in [9.17, 15) is 0 Å². The van der Waals surface area contributed by atoms with Crippen LogP contribution in [0.25, 0.3) is 10.8 Å². The standard InChI is InChI=1S/C12H13NO/c1-8-5-4-6-10-11(8)9(2)7-13-12(10)14-3/h4-7H,1-3H3. The topological polar surface area (TPSA) is 22.1 Å². The molecule has 2 nitrogen and oxygen atoms in total. The molecular weight excluding hydrogens is 174 g/mol. The number of methoxy groups -OCH3 is 1. The summed E-state index contributed by atoms with van der Waals surface area (Å²) in [6.45, 7) is 4.18. The van der Waals surface area contributed by atoms with Gasteiger partial charge >= 0.3 is 0 Å². The molecule has 1 aromatic carbocycles. The molecule has 0 radical (unpaired) electrons. The summed E-state index contributed by atoms with van der Waals surface area (Å²) >= 11 is 0. The first kappa shape index (κ1) is 9.00.